The lowest BCUT2D eigenvalue weighted by Crippen LogP contribution is -2.51. The number of benzene rings is 1. The number of hydrogen-bond acceptors (Lipinski definition) is 3. The zero-order valence-electron chi connectivity index (χ0n) is 13.9. The third-order valence-corrected chi connectivity index (χ3v) is 5.10. The Bertz CT molecular complexity index is 490. The van der Waals surface area contributed by atoms with Crippen molar-refractivity contribution in [2.75, 3.05) is 38.1 Å². The van der Waals surface area contributed by atoms with Crippen molar-refractivity contribution in [3.63, 3.8) is 0 Å². The number of carbonyl (C=O) groups is 1. The highest BCUT2D eigenvalue weighted by Crippen LogP contribution is 2.24. The summed E-state index contributed by atoms with van der Waals surface area (Å²) in [4.78, 5) is 17.2. The van der Waals surface area contributed by atoms with E-state index in [9.17, 15) is 4.79 Å². The predicted octanol–water partition coefficient (Wildman–Crippen LogP) is 2.54. The highest BCUT2D eigenvalue weighted by molar-refractivity contribution is 5.85. The van der Waals surface area contributed by atoms with E-state index >= 15 is 0 Å². The minimum Gasteiger partial charge on any atom is -0.369 e. The van der Waals surface area contributed by atoms with Crippen molar-refractivity contribution in [2.45, 2.75) is 31.7 Å². The molecule has 2 saturated heterocycles. The second-order valence-corrected chi connectivity index (χ2v) is 6.55. The number of likely N-dealkylation sites (N-methyl/N-ethyl adjacent to an activating group) is 1. The second kappa shape index (κ2) is 8.55. The summed E-state index contributed by atoms with van der Waals surface area (Å²) in [6.45, 7) is 4.00. The number of nitrogens with one attached hydrogen (secondary N) is 1. The van der Waals surface area contributed by atoms with Crippen LogP contribution < -0.4 is 10.2 Å². The van der Waals surface area contributed by atoms with E-state index < -0.39 is 0 Å². The van der Waals surface area contributed by atoms with Crippen LogP contribution in [-0.4, -0.2) is 50.1 Å². The van der Waals surface area contributed by atoms with Crippen LogP contribution in [0.2, 0.25) is 0 Å². The molecule has 128 valence electrons. The molecular formula is C18H28ClN3O. The number of para-hydroxylation sites is 1. The molecule has 1 amide bonds. The molecule has 1 aromatic carbocycles. The molecule has 3 rings (SSSR count). The number of nitrogens with zero attached hydrogens (tertiary/aromatic N) is 2. The summed E-state index contributed by atoms with van der Waals surface area (Å²) in [7, 11) is 2.00. The average Bonchev–Trinajstić information content (AvgIpc) is 2.62. The van der Waals surface area contributed by atoms with Gasteiger partial charge < -0.3 is 15.1 Å². The van der Waals surface area contributed by atoms with Gasteiger partial charge in [-0.15, -0.1) is 12.4 Å². The Morgan fingerprint density at radius 2 is 1.87 bits per heavy atom. The van der Waals surface area contributed by atoms with E-state index in [2.05, 4.69) is 40.5 Å². The van der Waals surface area contributed by atoms with E-state index in [1.807, 2.05) is 11.9 Å². The molecule has 2 aliphatic rings. The Balaban J connectivity index is 0.00000192. The largest absolute Gasteiger partial charge is 0.369 e. The molecule has 1 atom stereocenters. The van der Waals surface area contributed by atoms with Crippen LogP contribution in [0.1, 0.15) is 25.7 Å². The van der Waals surface area contributed by atoms with Crippen LogP contribution >= 0.6 is 12.4 Å². The maximum atomic E-state index is 12.7. The van der Waals surface area contributed by atoms with Gasteiger partial charge in [0.25, 0.3) is 0 Å². The smallest absolute Gasteiger partial charge is 0.225 e. The van der Waals surface area contributed by atoms with Gasteiger partial charge in [0.1, 0.15) is 0 Å². The number of piperidine rings is 2. The summed E-state index contributed by atoms with van der Waals surface area (Å²) >= 11 is 0. The fraction of sp³-hybridized carbons (Fsp3) is 0.611. The standard InChI is InChI=1S/C18H27N3O.ClH/c1-20(18(22)15-9-11-19-12-10-15)17-8-5-13-21(14-17)16-6-3-2-4-7-16;/h2-4,6-7,15,17,19H,5,8-14H2,1H3;1H. The lowest BCUT2D eigenvalue weighted by atomic mass is 9.95. The molecule has 2 heterocycles. The Morgan fingerprint density at radius 3 is 2.57 bits per heavy atom. The van der Waals surface area contributed by atoms with Crippen LogP contribution in [-0.2, 0) is 4.79 Å². The van der Waals surface area contributed by atoms with E-state index in [1.54, 1.807) is 0 Å². The van der Waals surface area contributed by atoms with E-state index in [4.69, 9.17) is 0 Å². The Kier molecular flexibility index (Phi) is 6.72. The first-order valence-electron chi connectivity index (χ1n) is 8.53. The summed E-state index contributed by atoms with van der Waals surface area (Å²) in [6, 6.07) is 10.9. The molecule has 23 heavy (non-hydrogen) atoms. The van der Waals surface area contributed by atoms with Crippen molar-refractivity contribution in [3.8, 4) is 0 Å². The van der Waals surface area contributed by atoms with Gasteiger partial charge in [0.15, 0.2) is 0 Å². The fourth-order valence-corrected chi connectivity index (χ4v) is 3.68. The molecule has 2 fully saturated rings. The van der Waals surface area contributed by atoms with Crippen LogP contribution in [0.4, 0.5) is 5.69 Å². The predicted molar refractivity (Wildman–Crippen MR) is 97.3 cm³/mol. The number of amides is 1. The molecule has 0 saturated carbocycles. The molecule has 1 aromatic rings. The summed E-state index contributed by atoms with van der Waals surface area (Å²) in [5, 5.41) is 3.34. The van der Waals surface area contributed by atoms with Crippen LogP contribution in [0.5, 0.6) is 0 Å². The quantitative estimate of drug-likeness (QED) is 0.920. The molecule has 2 aliphatic heterocycles. The monoisotopic (exact) mass is 337 g/mol. The molecule has 0 aliphatic carbocycles. The molecule has 5 heteroatoms. The fourth-order valence-electron chi connectivity index (χ4n) is 3.68. The molecule has 0 bridgehead atoms. The average molecular weight is 338 g/mol. The van der Waals surface area contributed by atoms with Gasteiger partial charge in [-0.05, 0) is 50.9 Å². The normalized spacial score (nSPS) is 22.3. The van der Waals surface area contributed by atoms with Gasteiger partial charge in [0.05, 0.1) is 0 Å². The number of hydrogen-bond donors (Lipinski definition) is 1. The van der Waals surface area contributed by atoms with Crippen molar-refractivity contribution < 1.29 is 4.79 Å². The van der Waals surface area contributed by atoms with Crippen LogP contribution in [0.15, 0.2) is 30.3 Å². The summed E-state index contributed by atoms with van der Waals surface area (Å²) in [5.41, 5.74) is 1.27. The highest BCUT2D eigenvalue weighted by atomic mass is 35.5. The van der Waals surface area contributed by atoms with Crippen molar-refractivity contribution in [1.29, 1.82) is 0 Å². The topological polar surface area (TPSA) is 35.6 Å². The van der Waals surface area contributed by atoms with Gasteiger partial charge >= 0.3 is 0 Å². The van der Waals surface area contributed by atoms with Gasteiger partial charge in [0.2, 0.25) is 5.91 Å². The van der Waals surface area contributed by atoms with Crippen LogP contribution in [0, 0.1) is 5.92 Å². The summed E-state index contributed by atoms with van der Waals surface area (Å²) < 4.78 is 0. The van der Waals surface area contributed by atoms with Crippen molar-refractivity contribution >= 4 is 24.0 Å². The second-order valence-electron chi connectivity index (χ2n) is 6.55. The molecule has 4 nitrogen and oxygen atoms in total. The maximum Gasteiger partial charge on any atom is 0.225 e. The van der Waals surface area contributed by atoms with Crippen molar-refractivity contribution in [3.05, 3.63) is 30.3 Å². The SMILES string of the molecule is CN(C(=O)C1CCNCC1)C1CCCN(c2ccccc2)C1.Cl. The minimum atomic E-state index is 0. The van der Waals surface area contributed by atoms with Gasteiger partial charge in [-0.3, -0.25) is 4.79 Å². The third-order valence-electron chi connectivity index (χ3n) is 5.10. The first kappa shape index (κ1) is 18.1. The Morgan fingerprint density at radius 1 is 1.17 bits per heavy atom. The van der Waals surface area contributed by atoms with Gasteiger partial charge in [-0.25, -0.2) is 0 Å². The first-order chi connectivity index (χ1) is 10.8. The first-order valence-corrected chi connectivity index (χ1v) is 8.53. The van der Waals surface area contributed by atoms with Gasteiger partial charge in [-0.2, -0.15) is 0 Å². The molecule has 1 unspecified atom stereocenters. The molecule has 0 aromatic heterocycles. The van der Waals surface area contributed by atoms with E-state index in [0.29, 0.717) is 11.9 Å². The number of rotatable bonds is 3. The van der Waals surface area contributed by atoms with E-state index in [1.165, 1.54) is 5.69 Å². The zero-order valence-corrected chi connectivity index (χ0v) is 14.7. The zero-order chi connectivity index (χ0) is 15.4. The highest BCUT2D eigenvalue weighted by Gasteiger charge is 2.30. The third kappa shape index (κ3) is 4.39. The Labute approximate surface area is 145 Å². The van der Waals surface area contributed by atoms with Crippen molar-refractivity contribution in [2.24, 2.45) is 5.92 Å². The van der Waals surface area contributed by atoms with Crippen LogP contribution in [0.25, 0.3) is 0 Å². The van der Waals surface area contributed by atoms with Crippen molar-refractivity contribution in [1.82, 2.24) is 10.2 Å². The van der Waals surface area contributed by atoms with Crippen LogP contribution in [0.3, 0.4) is 0 Å². The number of carbonyl (C=O) groups excluding carboxylic acids is 1. The minimum absolute atomic E-state index is 0. The molecule has 0 radical (unpaired) electrons. The summed E-state index contributed by atoms with van der Waals surface area (Å²) in [6.07, 6.45) is 4.25. The van der Waals surface area contributed by atoms with Gasteiger partial charge in [-0.1, -0.05) is 18.2 Å². The van der Waals surface area contributed by atoms with E-state index in [-0.39, 0.29) is 18.3 Å². The lowest BCUT2D eigenvalue weighted by molar-refractivity contribution is -0.137. The lowest BCUT2D eigenvalue weighted by Gasteiger charge is -2.40. The number of anilines is 1. The van der Waals surface area contributed by atoms with E-state index in [0.717, 1.165) is 51.9 Å². The van der Waals surface area contributed by atoms with Gasteiger partial charge in [0, 0.05) is 37.8 Å². The molecular weight excluding hydrogens is 310 g/mol. The summed E-state index contributed by atoms with van der Waals surface area (Å²) in [5.74, 6) is 0.569. The molecule has 1 N–H and O–H groups in total. The maximum absolute atomic E-state index is 12.7. The number of halogens is 1. The Hall–Kier alpha value is -1.26. The molecule has 0 spiro atoms.